The largest absolute Gasteiger partial charge is 0.616 e. The van der Waals surface area contributed by atoms with Crippen molar-refractivity contribution in [1.82, 2.24) is 4.90 Å². The quantitative estimate of drug-likeness (QED) is 0.522. The molecule has 10 heavy (non-hydrogen) atoms. The van der Waals surface area contributed by atoms with Crippen molar-refractivity contribution in [1.29, 1.82) is 0 Å². The van der Waals surface area contributed by atoms with Gasteiger partial charge in [0.1, 0.15) is 11.5 Å². The van der Waals surface area contributed by atoms with Crippen LogP contribution in [-0.2, 0) is 11.2 Å². The summed E-state index contributed by atoms with van der Waals surface area (Å²) in [5.74, 6) is 1.74. The summed E-state index contributed by atoms with van der Waals surface area (Å²) in [6, 6.07) is 0.527. The first kappa shape index (κ1) is 8.37. The second kappa shape index (κ2) is 3.60. The summed E-state index contributed by atoms with van der Waals surface area (Å²) in [7, 11) is 0. The van der Waals surface area contributed by atoms with Gasteiger partial charge in [0.25, 0.3) is 0 Å². The summed E-state index contributed by atoms with van der Waals surface area (Å²) in [5, 5.41) is 0. The lowest BCUT2D eigenvalue weighted by Gasteiger charge is -2.32. The second-order valence-electron chi connectivity index (χ2n) is 2.79. The van der Waals surface area contributed by atoms with E-state index in [1.165, 1.54) is 0 Å². The van der Waals surface area contributed by atoms with E-state index in [0.717, 1.165) is 24.6 Å². The third-order valence-corrected chi connectivity index (χ3v) is 3.55. The van der Waals surface area contributed by atoms with Crippen LogP contribution in [0.4, 0.5) is 0 Å². The normalized spacial score (nSPS) is 36.3. The van der Waals surface area contributed by atoms with Gasteiger partial charge in [-0.15, -0.1) is 0 Å². The minimum Gasteiger partial charge on any atom is -0.616 e. The van der Waals surface area contributed by atoms with Crippen molar-refractivity contribution in [3.8, 4) is 0 Å². The Morgan fingerprint density at radius 2 is 2.40 bits per heavy atom. The van der Waals surface area contributed by atoms with Crippen molar-refractivity contribution in [3.05, 3.63) is 0 Å². The van der Waals surface area contributed by atoms with Gasteiger partial charge in [-0.2, -0.15) is 0 Å². The highest BCUT2D eigenvalue weighted by atomic mass is 32.2. The third kappa shape index (κ3) is 1.87. The molecule has 0 radical (unpaired) electrons. The van der Waals surface area contributed by atoms with Crippen molar-refractivity contribution in [3.63, 3.8) is 0 Å². The molecular formula is C7H15NOS. The van der Waals surface area contributed by atoms with Gasteiger partial charge in [0.05, 0.1) is 6.04 Å². The van der Waals surface area contributed by atoms with Crippen LogP contribution >= 0.6 is 0 Å². The van der Waals surface area contributed by atoms with E-state index in [1.807, 2.05) is 0 Å². The zero-order chi connectivity index (χ0) is 7.56. The number of nitrogens with zero attached hydrogens (tertiary/aromatic N) is 1. The van der Waals surface area contributed by atoms with Crippen LogP contribution in [0.3, 0.4) is 0 Å². The standard InChI is InChI=1S/C7H15NOS/c1-3-8-4-5-10(9)6-7(8)2/h7H,3-6H2,1-2H3. The summed E-state index contributed by atoms with van der Waals surface area (Å²) in [6.07, 6.45) is 0. The highest BCUT2D eigenvalue weighted by molar-refractivity contribution is 7.91. The molecule has 0 saturated carbocycles. The summed E-state index contributed by atoms with van der Waals surface area (Å²) >= 11 is -0.534. The lowest BCUT2D eigenvalue weighted by molar-refractivity contribution is 0.239. The molecule has 1 aliphatic heterocycles. The highest BCUT2D eigenvalue weighted by Crippen LogP contribution is 2.09. The van der Waals surface area contributed by atoms with E-state index in [9.17, 15) is 4.55 Å². The van der Waals surface area contributed by atoms with Crippen LogP contribution in [-0.4, -0.2) is 40.1 Å². The minimum absolute atomic E-state index is 0.527. The van der Waals surface area contributed by atoms with Crippen LogP contribution in [0.1, 0.15) is 13.8 Å². The molecule has 1 heterocycles. The van der Waals surface area contributed by atoms with Crippen molar-refractivity contribution in [2.24, 2.45) is 0 Å². The predicted molar refractivity (Wildman–Crippen MR) is 44.6 cm³/mol. The molecule has 1 aliphatic rings. The molecule has 2 atom stereocenters. The minimum atomic E-state index is -0.534. The van der Waals surface area contributed by atoms with E-state index in [4.69, 9.17) is 0 Å². The maximum absolute atomic E-state index is 11.0. The van der Waals surface area contributed by atoms with Crippen molar-refractivity contribution >= 4 is 11.2 Å². The molecule has 1 saturated heterocycles. The van der Waals surface area contributed by atoms with Gasteiger partial charge < -0.3 is 4.55 Å². The smallest absolute Gasteiger partial charge is 0.120 e. The fourth-order valence-corrected chi connectivity index (χ4v) is 2.72. The van der Waals surface area contributed by atoms with Crippen molar-refractivity contribution in [2.45, 2.75) is 19.9 Å². The fourth-order valence-electron chi connectivity index (χ4n) is 1.37. The Hall–Kier alpha value is 0.270. The lowest BCUT2D eigenvalue weighted by atomic mass is 10.3. The van der Waals surface area contributed by atoms with Crippen LogP contribution in [0, 0.1) is 0 Å². The van der Waals surface area contributed by atoms with E-state index >= 15 is 0 Å². The van der Waals surface area contributed by atoms with Gasteiger partial charge in [0, 0.05) is 6.54 Å². The van der Waals surface area contributed by atoms with Gasteiger partial charge in [-0.3, -0.25) is 4.90 Å². The molecule has 1 rings (SSSR count). The Labute approximate surface area is 65.8 Å². The SMILES string of the molecule is CCN1CC[S+]([O-])CC1C. The van der Waals surface area contributed by atoms with E-state index in [-0.39, 0.29) is 0 Å². The van der Waals surface area contributed by atoms with Crippen LogP contribution in [0.25, 0.3) is 0 Å². The van der Waals surface area contributed by atoms with Gasteiger partial charge in [0.2, 0.25) is 0 Å². The Morgan fingerprint density at radius 3 is 2.90 bits per heavy atom. The van der Waals surface area contributed by atoms with E-state index < -0.39 is 11.2 Å². The molecule has 0 spiro atoms. The molecule has 0 aliphatic carbocycles. The molecule has 0 aromatic rings. The average molecular weight is 161 g/mol. The first-order valence-electron chi connectivity index (χ1n) is 3.83. The van der Waals surface area contributed by atoms with Crippen molar-refractivity contribution < 1.29 is 4.55 Å². The highest BCUT2D eigenvalue weighted by Gasteiger charge is 2.24. The average Bonchev–Trinajstić information content (AvgIpc) is 1.88. The summed E-state index contributed by atoms with van der Waals surface area (Å²) in [6.45, 7) is 6.42. The van der Waals surface area contributed by atoms with Gasteiger partial charge in [-0.1, -0.05) is 18.1 Å². The van der Waals surface area contributed by atoms with Gasteiger partial charge >= 0.3 is 0 Å². The Morgan fingerprint density at radius 1 is 1.70 bits per heavy atom. The molecule has 60 valence electrons. The van der Waals surface area contributed by atoms with Crippen LogP contribution in [0.2, 0.25) is 0 Å². The van der Waals surface area contributed by atoms with E-state index in [2.05, 4.69) is 18.7 Å². The number of hydrogen-bond acceptors (Lipinski definition) is 2. The van der Waals surface area contributed by atoms with Crippen molar-refractivity contribution in [2.75, 3.05) is 24.6 Å². The van der Waals surface area contributed by atoms with Crippen LogP contribution in [0.15, 0.2) is 0 Å². The molecule has 0 aromatic heterocycles. The zero-order valence-electron chi connectivity index (χ0n) is 6.67. The van der Waals surface area contributed by atoms with E-state index in [1.54, 1.807) is 0 Å². The Balaban J connectivity index is 2.36. The molecule has 0 bridgehead atoms. The summed E-state index contributed by atoms with van der Waals surface area (Å²) < 4.78 is 11.0. The molecular weight excluding hydrogens is 146 g/mol. The number of hydrogen-bond donors (Lipinski definition) is 0. The maximum atomic E-state index is 11.0. The van der Waals surface area contributed by atoms with E-state index in [0.29, 0.717) is 6.04 Å². The first-order chi connectivity index (χ1) is 4.74. The van der Waals surface area contributed by atoms with Crippen LogP contribution in [0.5, 0.6) is 0 Å². The monoisotopic (exact) mass is 161 g/mol. The van der Waals surface area contributed by atoms with Crippen LogP contribution < -0.4 is 0 Å². The third-order valence-electron chi connectivity index (χ3n) is 2.06. The van der Waals surface area contributed by atoms with Gasteiger partial charge in [-0.05, 0) is 13.5 Å². The topological polar surface area (TPSA) is 26.3 Å². The summed E-state index contributed by atoms with van der Waals surface area (Å²) in [4.78, 5) is 2.38. The molecule has 0 aromatic carbocycles. The summed E-state index contributed by atoms with van der Waals surface area (Å²) in [5.41, 5.74) is 0. The number of rotatable bonds is 1. The van der Waals surface area contributed by atoms with Gasteiger partial charge in [0.15, 0.2) is 0 Å². The Kier molecular flexibility index (Phi) is 3.01. The predicted octanol–water partition coefficient (Wildman–Crippen LogP) is 0.459. The molecule has 3 heteroatoms. The fraction of sp³-hybridized carbons (Fsp3) is 1.00. The first-order valence-corrected chi connectivity index (χ1v) is 5.32. The zero-order valence-corrected chi connectivity index (χ0v) is 7.49. The molecule has 2 unspecified atom stereocenters. The lowest BCUT2D eigenvalue weighted by Crippen LogP contribution is -2.46. The molecule has 2 nitrogen and oxygen atoms in total. The van der Waals surface area contributed by atoms with Gasteiger partial charge in [-0.25, -0.2) is 0 Å². The molecule has 1 fully saturated rings. The molecule has 0 N–H and O–H groups in total. The Bertz CT molecular complexity index is 110. The molecule has 0 amide bonds. The maximum Gasteiger partial charge on any atom is 0.120 e. The second-order valence-corrected chi connectivity index (χ2v) is 4.41.